The second kappa shape index (κ2) is 8.09. The summed E-state index contributed by atoms with van der Waals surface area (Å²) in [5.74, 6) is 0.703. The number of allylic oxidation sites excluding steroid dienone is 2. The molecule has 0 aromatic heterocycles. The van der Waals surface area contributed by atoms with Crippen molar-refractivity contribution in [3.8, 4) is 0 Å². The van der Waals surface area contributed by atoms with Gasteiger partial charge in [0.2, 0.25) is 0 Å². The van der Waals surface area contributed by atoms with Crippen molar-refractivity contribution in [2.24, 2.45) is 4.99 Å². The zero-order valence-corrected chi connectivity index (χ0v) is 15.3. The van der Waals surface area contributed by atoms with Crippen molar-refractivity contribution in [1.29, 1.82) is 0 Å². The Morgan fingerprint density at radius 2 is 2.00 bits per heavy atom. The molecule has 1 aliphatic rings. The highest BCUT2D eigenvalue weighted by Crippen LogP contribution is 2.30. The molecule has 0 radical (unpaired) electrons. The van der Waals surface area contributed by atoms with Crippen LogP contribution >= 0.6 is 35.0 Å². The fourth-order valence-electron chi connectivity index (χ4n) is 2.27. The molecule has 0 amide bonds. The molecule has 1 aromatic carbocycles. The third-order valence-electron chi connectivity index (χ3n) is 3.62. The molecule has 118 valence electrons. The van der Waals surface area contributed by atoms with Crippen LogP contribution in [0.1, 0.15) is 26.3 Å². The van der Waals surface area contributed by atoms with Crippen LogP contribution in [-0.2, 0) is 5.75 Å². The normalized spacial score (nSPS) is 22.0. The number of aliphatic imine (C=N–C) groups is 1. The Labute approximate surface area is 146 Å². The summed E-state index contributed by atoms with van der Waals surface area (Å²) in [5.41, 5.74) is 2.22. The first-order valence-electron chi connectivity index (χ1n) is 7.22. The van der Waals surface area contributed by atoms with Crippen LogP contribution < -0.4 is 5.32 Å². The average Bonchev–Trinajstić information content (AvgIpc) is 2.89. The van der Waals surface area contributed by atoms with Crippen molar-refractivity contribution in [3.05, 3.63) is 57.6 Å². The molecule has 1 heterocycles. The van der Waals surface area contributed by atoms with Crippen molar-refractivity contribution in [1.82, 2.24) is 5.32 Å². The second-order valence-electron chi connectivity index (χ2n) is 5.10. The molecule has 5 heteroatoms. The molecular weight excluding hydrogens is 335 g/mol. The van der Waals surface area contributed by atoms with Gasteiger partial charge in [-0.3, -0.25) is 4.99 Å². The number of thioether (sulfide) groups is 1. The van der Waals surface area contributed by atoms with Crippen LogP contribution in [0.2, 0.25) is 10.0 Å². The quantitative estimate of drug-likeness (QED) is 0.725. The standard InChI is InChI=1S/C17H20Cl2N2S/c1-4-7-15-16(11(3)5-2)21-17(20-15)22-10-12-13(18)8-6-9-14(12)19/h4-9,15-16H,10H2,1-3H3,(H,20,21)/b7-4+,11-5+/t15-,16+/m0/s1. The number of amidine groups is 1. The molecule has 0 aliphatic carbocycles. The summed E-state index contributed by atoms with van der Waals surface area (Å²) in [4.78, 5) is 4.80. The molecule has 1 aliphatic heterocycles. The molecular formula is C17H20Cl2N2S. The van der Waals surface area contributed by atoms with E-state index in [0.29, 0.717) is 15.8 Å². The summed E-state index contributed by atoms with van der Waals surface area (Å²) >= 11 is 14.1. The Hall–Kier alpha value is -0.900. The summed E-state index contributed by atoms with van der Waals surface area (Å²) in [6, 6.07) is 5.96. The molecule has 0 spiro atoms. The molecule has 2 nitrogen and oxygen atoms in total. The molecule has 0 bridgehead atoms. The summed E-state index contributed by atoms with van der Waals surface area (Å²) in [6.07, 6.45) is 6.32. The van der Waals surface area contributed by atoms with Crippen molar-refractivity contribution in [2.75, 3.05) is 0 Å². The third kappa shape index (κ3) is 4.09. The largest absolute Gasteiger partial charge is 0.356 e. The van der Waals surface area contributed by atoms with Gasteiger partial charge < -0.3 is 5.32 Å². The summed E-state index contributed by atoms with van der Waals surface area (Å²) in [5, 5.41) is 5.80. The van der Waals surface area contributed by atoms with Gasteiger partial charge in [-0.05, 0) is 38.5 Å². The predicted octanol–water partition coefficient (Wildman–Crippen LogP) is 5.47. The monoisotopic (exact) mass is 354 g/mol. The lowest BCUT2D eigenvalue weighted by molar-refractivity contribution is 0.672. The highest BCUT2D eigenvalue weighted by Gasteiger charge is 2.27. The first kappa shape index (κ1) is 17.5. The van der Waals surface area contributed by atoms with Crippen LogP contribution in [0.4, 0.5) is 0 Å². The Kier molecular flexibility index (Phi) is 6.42. The van der Waals surface area contributed by atoms with Gasteiger partial charge in [0.15, 0.2) is 5.17 Å². The van der Waals surface area contributed by atoms with E-state index in [9.17, 15) is 0 Å². The summed E-state index contributed by atoms with van der Waals surface area (Å²) < 4.78 is 0. The van der Waals surface area contributed by atoms with Crippen LogP contribution in [0, 0.1) is 0 Å². The number of rotatable bonds is 4. The van der Waals surface area contributed by atoms with Crippen molar-refractivity contribution in [2.45, 2.75) is 38.6 Å². The van der Waals surface area contributed by atoms with Gasteiger partial charge in [0.25, 0.3) is 0 Å². The van der Waals surface area contributed by atoms with Gasteiger partial charge in [0.1, 0.15) is 0 Å². The Bertz CT molecular complexity index is 603. The molecule has 0 saturated carbocycles. The van der Waals surface area contributed by atoms with Gasteiger partial charge in [0.05, 0.1) is 12.1 Å². The zero-order chi connectivity index (χ0) is 16.1. The van der Waals surface area contributed by atoms with Gasteiger partial charge >= 0.3 is 0 Å². The van der Waals surface area contributed by atoms with E-state index in [1.807, 2.05) is 32.0 Å². The summed E-state index contributed by atoms with van der Waals surface area (Å²) in [7, 11) is 0. The topological polar surface area (TPSA) is 24.4 Å². The van der Waals surface area contributed by atoms with Crippen molar-refractivity contribution >= 4 is 40.1 Å². The summed E-state index contributed by atoms with van der Waals surface area (Å²) in [6.45, 7) is 6.19. The van der Waals surface area contributed by atoms with E-state index in [4.69, 9.17) is 28.2 Å². The number of halogens is 2. The molecule has 0 fully saturated rings. The van der Waals surface area contributed by atoms with Crippen LogP contribution in [0.5, 0.6) is 0 Å². The van der Waals surface area contributed by atoms with Crippen LogP contribution in [0.3, 0.4) is 0 Å². The first-order valence-corrected chi connectivity index (χ1v) is 8.96. The first-order chi connectivity index (χ1) is 10.6. The van der Waals surface area contributed by atoms with E-state index in [0.717, 1.165) is 10.7 Å². The molecule has 22 heavy (non-hydrogen) atoms. The lowest BCUT2D eigenvalue weighted by Crippen LogP contribution is -2.32. The van der Waals surface area contributed by atoms with E-state index in [1.165, 1.54) is 5.57 Å². The highest BCUT2D eigenvalue weighted by molar-refractivity contribution is 8.13. The van der Waals surface area contributed by atoms with E-state index in [2.05, 4.69) is 30.5 Å². The van der Waals surface area contributed by atoms with Crippen molar-refractivity contribution in [3.63, 3.8) is 0 Å². The molecule has 1 aromatic rings. The smallest absolute Gasteiger partial charge is 0.158 e. The lowest BCUT2D eigenvalue weighted by atomic mass is 10.0. The van der Waals surface area contributed by atoms with Crippen LogP contribution in [0.25, 0.3) is 0 Å². The number of hydrogen-bond donors (Lipinski definition) is 1. The number of benzene rings is 1. The van der Waals surface area contributed by atoms with E-state index in [1.54, 1.807) is 11.8 Å². The van der Waals surface area contributed by atoms with Crippen molar-refractivity contribution < 1.29 is 0 Å². The van der Waals surface area contributed by atoms with E-state index in [-0.39, 0.29) is 12.1 Å². The Morgan fingerprint density at radius 1 is 1.32 bits per heavy atom. The Balaban J connectivity index is 2.10. The molecule has 0 unspecified atom stereocenters. The number of nitrogens with zero attached hydrogens (tertiary/aromatic N) is 1. The molecule has 2 atom stereocenters. The van der Waals surface area contributed by atoms with Gasteiger partial charge in [0, 0.05) is 15.8 Å². The highest BCUT2D eigenvalue weighted by atomic mass is 35.5. The fourth-order valence-corrected chi connectivity index (χ4v) is 3.96. The minimum Gasteiger partial charge on any atom is -0.356 e. The average molecular weight is 355 g/mol. The molecule has 0 saturated heterocycles. The maximum atomic E-state index is 6.22. The minimum atomic E-state index is 0.158. The molecule has 1 N–H and O–H groups in total. The number of hydrogen-bond acceptors (Lipinski definition) is 3. The van der Waals surface area contributed by atoms with Gasteiger partial charge in [-0.25, -0.2) is 0 Å². The predicted molar refractivity (Wildman–Crippen MR) is 100 cm³/mol. The minimum absolute atomic E-state index is 0.158. The molecule has 2 rings (SSSR count). The van der Waals surface area contributed by atoms with Crippen LogP contribution in [0.15, 0.2) is 47.0 Å². The zero-order valence-electron chi connectivity index (χ0n) is 12.9. The van der Waals surface area contributed by atoms with E-state index >= 15 is 0 Å². The fraction of sp³-hybridized carbons (Fsp3) is 0.353. The Morgan fingerprint density at radius 3 is 2.59 bits per heavy atom. The lowest BCUT2D eigenvalue weighted by Gasteiger charge is -2.15. The van der Waals surface area contributed by atoms with Gasteiger partial charge in [-0.1, -0.05) is 64.8 Å². The second-order valence-corrected chi connectivity index (χ2v) is 6.88. The van der Waals surface area contributed by atoms with Gasteiger partial charge in [-0.2, -0.15) is 0 Å². The number of nitrogens with one attached hydrogen (secondary N) is 1. The maximum Gasteiger partial charge on any atom is 0.158 e. The van der Waals surface area contributed by atoms with Gasteiger partial charge in [-0.15, -0.1) is 0 Å². The van der Waals surface area contributed by atoms with Crippen LogP contribution in [-0.4, -0.2) is 17.3 Å². The SMILES string of the molecule is C/C=C/[C@@H]1NC(SCc2c(Cl)cccc2Cl)=N[C@@H]1/C(C)=C/C. The van der Waals surface area contributed by atoms with E-state index < -0.39 is 0 Å². The maximum absolute atomic E-state index is 6.22. The third-order valence-corrected chi connectivity index (χ3v) is 5.26.